The van der Waals surface area contributed by atoms with Gasteiger partial charge in [0.05, 0.1) is 13.0 Å². The molecule has 1 fully saturated rings. The first-order chi connectivity index (χ1) is 4.61. The Morgan fingerprint density at radius 2 is 2.40 bits per heavy atom. The molecule has 1 unspecified atom stereocenters. The molecular weight excluding hydrogens is 136 g/mol. The Hall–Kier alpha value is -1.13. The second-order valence-corrected chi connectivity index (χ2v) is 2.42. The van der Waals surface area contributed by atoms with Crippen molar-refractivity contribution in [3.8, 4) is 0 Å². The van der Waals surface area contributed by atoms with Gasteiger partial charge < -0.3 is 4.90 Å². The molecule has 1 rings (SSSR count). The zero-order chi connectivity index (χ0) is 7.72. The number of amides is 1. The zero-order valence-electron chi connectivity index (χ0n) is 5.61. The van der Waals surface area contributed by atoms with Gasteiger partial charge in [0.15, 0.2) is 0 Å². The Morgan fingerprint density at radius 1 is 1.80 bits per heavy atom. The van der Waals surface area contributed by atoms with Crippen molar-refractivity contribution in [1.82, 2.24) is 4.90 Å². The maximum Gasteiger partial charge on any atom is 0.239 e. The van der Waals surface area contributed by atoms with Crippen molar-refractivity contribution in [2.75, 3.05) is 13.6 Å². The van der Waals surface area contributed by atoms with E-state index in [-0.39, 0.29) is 18.9 Å². The van der Waals surface area contributed by atoms with E-state index in [2.05, 4.69) is 0 Å². The highest BCUT2D eigenvalue weighted by Gasteiger charge is 2.34. The highest BCUT2D eigenvalue weighted by atomic mass is 16.6. The number of carbonyl (C=O) groups is 1. The summed E-state index contributed by atoms with van der Waals surface area (Å²) in [5.74, 6) is -0.137. The van der Waals surface area contributed by atoms with Crippen LogP contribution in [0.25, 0.3) is 0 Å². The molecule has 0 saturated carbocycles. The van der Waals surface area contributed by atoms with Gasteiger partial charge in [-0.2, -0.15) is 0 Å². The van der Waals surface area contributed by atoms with Gasteiger partial charge in [0.25, 0.3) is 0 Å². The van der Waals surface area contributed by atoms with Gasteiger partial charge in [-0.3, -0.25) is 14.9 Å². The second kappa shape index (κ2) is 2.24. The minimum absolute atomic E-state index is 0.0590. The van der Waals surface area contributed by atoms with Crippen molar-refractivity contribution in [3.05, 3.63) is 10.1 Å². The molecule has 0 radical (unpaired) electrons. The third kappa shape index (κ3) is 1.07. The molecule has 1 amide bonds. The highest BCUT2D eigenvalue weighted by Crippen LogP contribution is 2.10. The highest BCUT2D eigenvalue weighted by molar-refractivity contribution is 5.78. The monoisotopic (exact) mass is 144 g/mol. The molecule has 5 heteroatoms. The van der Waals surface area contributed by atoms with Crippen LogP contribution in [-0.4, -0.2) is 35.4 Å². The van der Waals surface area contributed by atoms with Gasteiger partial charge in [0, 0.05) is 12.0 Å². The summed E-state index contributed by atoms with van der Waals surface area (Å²) in [5, 5.41) is 10.1. The summed E-state index contributed by atoms with van der Waals surface area (Å²) in [6.45, 7) is 0.256. The Kier molecular flexibility index (Phi) is 1.57. The number of nitrogens with zero attached hydrogens (tertiary/aromatic N) is 2. The van der Waals surface area contributed by atoms with Crippen LogP contribution in [0.4, 0.5) is 0 Å². The molecule has 1 atom stereocenters. The number of hydrogen-bond acceptors (Lipinski definition) is 3. The van der Waals surface area contributed by atoms with Crippen LogP contribution in [0.15, 0.2) is 0 Å². The van der Waals surface area contributed by atoms with E-state index in [1.54, 1.807) is 7.05 Å². The van der Waals surface area contributed by atoms with Gasteiger partial charge in [-0.05, 0) is 0 Å². The largest absolute Gasteiger partial charge is 0.339 e. The first-order valence-electron chi connectivity index (χ1n) is 2.98. The molecule has 1 aliphatic rings. The molecule has 1 saturated heterocycles. The smallest absolute Gasteiger partial charge is 0.239 e. The molecule has 5 nitrogen and oxygen atoms in total. The van der Waals surface area contributed by atoms with Crippen LogP contribution < -0.4 is 0 Å². The number of hydrogen-bond donors (Lipinski definition) is 0. The summed E-state index contributed by atoms with van der Waals surface area (Å²) in [7, 11) is 1.58. The molecule has 1 aliphatic heterocycles. The molecule has 0 N–H and O–H groups in total. The van der Waals surface area contributed by atoms with E-state index in [4.69, 9.17) is 0 Å². The predicted molar refractivity (Wildman–Crippen MR) is 33.0 cm³/mol. The van der Waals surface area contributed by atoms with Crippen molar-refractivity contribution in [3.63, 3.8) is 0 Å². The minimum atomic E-state index is -0.683. The number of nitro groups is 1. The van der Waals surface area contributed by atoms with Crippen molar-refractivity contribution in [1.29, 1.82) is 0 Å². The van der Waals surface area contributed by atoms with Crippen LogP contribution in [0.5, 0.6) is 0 Å². The quantitative estimate of drug-likeness (QED) is 0.368. The maximum absolute atomic E-state index is 10.7. The molecule has 10 heavy (non-hydrogen) atoms. The van der Waals surface area contributed by atoms with Gasteiger partial charge >= 0.3 is 0 Å². The Morgan fingerprint density at radius 3 is 2.60 bits per heavy atom. The van der Waals surface area contributed by atoms with E-state index in [1.165, 1.54) is 4.90 Å². The molecule has 0 bridgehead atoms. The summed E-state index contributed by atoms with van der Waals surface area (Å²) >= 11 is 0. The Bertz CT molecular complexity index is 180. The SMILES string of the molecule is CN1CC([N+](=O)[O-])CC1=O. The Balaban J connectivity index is 2.57. The molecule has 0 aromatic carbocycles. The fourth-order valence-corrected chi connectivity index (χ4v) is 0.981. The lowest BCUT2D eigenvalue weighted by Crippen LogP contribution is -2.24. The number of likely N-dealkylation sites (N-methyl/N-ethyl adjacent to an activating group) is 1. The second-order valence-electron chi connectivity index (χ2n) is 2.42. The van der Waals surface area contributed by atoms with E-state index < -0.39 is 11.0 Å². The summed E-state index contributed by atoms with van der Waals surface area (Å²) in [6, 6.07) is -0.683. The van der Waals surface area contributed by atoms with E-state index in [0.717, 1.165) is 0 Å². The van der Waals surface area contributed by atoms with Gasteiger partial charge in [-0.15, -0.1) is 0 Å². The van der Waals surface area contributed by atoms with E-state index in [0.29, 0.717) is 0 Å². The lowest BCUT2D eigenvalue weighted by atomic mass is 10.3. The van der Waals surface area contributed by atoms with Gasteiger partial charge in [0.2, 0.25) is 11.9 Å². The fraction of sp³-hybridized carbons (Fsp3) is 0.800. The van der Waals surface area contributed by atoms with Crippen LogP contribution >= 0.6 is 0 Å². The molecule has 0 spiro atoms. The minimum Gasteiger partial charge on any atom is -0.339 e. The van der Waals surface area contributed by atoms with Crippen LogP contribution in [0, 0.1) is 10.1 Å². The normalized spacial score (nSPS) is 25.5. The van der Waals surface area contributed by atoms with Crippen molar-refractivity contribution in [2.45, 2.75) is 12.5 Å². The van der Waals surface area contributed by atoms with Crippen molar-refractivity contribution >= 4 is 5.91 Å². The molecule has 0 aromatic heterocycles. The zero-order valence-corrected chi connectivity index (χ0v) is 5.61. The third-order valence-electron chi connectivity index (χ3n) is 1.62. The Labute approximate surface area is 57.8 Å². The average molecular weight is 144 g/mol. The standard InChI is InChI=1S/C5H8N2O3/c1-6-3-4(7(9)10)2-5(6)8/h4H,2-3H2,1H3. The predicted octanol–water partition coefficient (Wildman–Crippen LogP) is -0.506. The number of carbonyl (C=O) groups excluding carboxylic acids is 1. The molecule has 0 aromatic rings. The summed E-state index contributed by atoms with van der Waals surface area (Å²) in [5.41, 5.74) is 0. The van der Waals surface area contributed by atoms with E-state index >= 15 is 0 Å². The third-order valence-corrected chi connectivity index (χ3v) is 1.62. The molecule has 56 valence electrons. The number of rotatable bonds is 1. The van der Waals surface area contributed by atoms with Crippen molar-refractivity contribution in [2.24, 2.45) is 0 Å². The van der Waals surface area contributed by atoms with Gasteiger partial charge in [-0.1, -0.05) is 0 Å². The topological polar surface area (TPSA) is 63.4 Å². The van der Waals surface area contributed by atoms with Crippen LogP contribution in [0.2, 0.25) is 0 Å². The maximum atomic E-state index is 10.7. The first-order valence-corrected chi connectivity index (χ1v) is 2.98. The van der Waals surface area contributed by atoms with Gasteiger partial charge in [-0.25, -0.2) is 0 Å². The van der Waals surface area contributed by atoms with E-state index in [1.807, 2.05) is 0 Å². The lowest BCUT2D eigenvalue weighted by molar-refractivity contribution is -0.517. The van der Waals surface area contributed by atoms with Crippen LogP contribution in [-0.2, 0) is 4.79 Å². The molecule has 1 heterocycles. The summed E-state index contributed by atoms with van der Waals surface area (Å²) < 4.78 is 0. The summed E-state index contributed by atoms with van der Waals surface area (Å²) in [4.78, 5) is 21.8. The van der Waals surface area contributed by atoms with Crippen molar-refractivity contribution < 1.29 is 9.72 Å². The fourth-order valence-electron chi connectivity index (χ4n) is 0.981. The first kappa shape index (κ1) is 6.98. The van der Waals surface area contributed by atoms with E-state index in [9.17, 15) is 14.9 Å². The summed E-state index contributed by atoms with van der Waals surface area (Å²) in [6.07, 6.45) is 0.0590. The molecular formula is C5H8N2O3. The van der Waals surface area contributed by atoms with Crippen LogP contribution in [0.1, 0.15) is 6.42 Å². The molecule has 0 aliphatic carbocycles. The lowest BCUT2D eigenvalue weighted by Gasteiger charge is -2.03. The average Bonchev–Trinajstić information content (AvgIpc) is 2.13. The number of likely N-dealkylation sites (tertiary alicyclic amines) is 1. The van der Waals surface area contributed by atoms with Gasteiger partial charge in [0.1, 0.15) is 0 Å². The van der Waals surface area contributed by atoms with Crippen LogP contribution in [0.3, 0.4) is 0 Å².